The Hall–Kier alpha value is -3.20. The zero-order chi connectivity index (χ0) is 17.7. The van der Waals surface area contributed by atoms with Crippen molar-refractivity contribution in [3.05, 3.63) is 108 Å². The predicted octanol–water partition coefficient (Wildman–Crippen LogP) is 4.33. The minimum absolute atomic E-state index is 0.139. The Labute approximate surface area is 146 Å². The standard InChI is InChI=1S/C22H18O3/c23-20(17-10-4-1-5-11-17)16-22(21(24)25,18-12-6-2-7-13-18)19-14-8-3-9-15-19/h1-15H,16H2,(H,24,25). The third-order valence-electron chi connectivity index (χ3n) is 4.42. The van der Waals surface area contributed by atoms with Gasteiger partial charge in [0.2, 0.25) is 0 Å². The average molecular weight is 330 g/mol. The van der Waals surface area contributed by atoms with Crippen LogP contribution in [0.3, 0.4) is 0 Å². The number of carbonyl (C=O) groups is 2. The fourth-order valence-electron chi connectivity index (χ4n) is 3.11. The van der Waals surface area contributed by atoms with Gasteiger partial charge in [0.15, 0.2) is 5.78 Å². The molecule has 0 heterocycles. The molecule has 1 N–H and O–H groups in total. The fraction of sp³-hybridized carbons (Fsp3) is 0.0909. The van der Waals surface area contributed by atoms with E-state index in [9.17, 15) is 14.7 Å². The Morgan fingerprint density at radius 3 is 1.48 bits per heavy atom. The van der Waals surface area contributed by atoms with Crippen LogP contribution in [0, 0.1) is 0 Å². The van der Waals surface area contributed by atoms with Crippen LogP contribution in [-0.4, -0.2) is 16.9 Å². The van der Waals surface area contributed by atoms with Crippen LogP contribution >= 0.6 is 0 Å². The van der Waals surface area contributed by atoms with Crippen LogP contribution in [0.15, 0.2) is 91.0 Å². The van der Waals surface area contributed by atoms with Gasteiger partial charge >= 0.3 is 5.97 Å². The van der Waals surface area contributed by atoms with Crippen molar-refractivity contribution >= 4 is 11.8 Å². The first kappa shape index (κ1) is 16.7. The van der Waals surface area contributed by atoms with Crippen LogP contribution in [0.1, 0.15) is 27.9 Å². The molecule has 0 spiro atoms. The van der Waals surface area contributed by atoms with Crippen molar-refractivity contribution in [3.8, 4) is 0 Å². The van der Waals surface area contributed by atoms with E-state index >= 15 is 0 Å². The number of rotatable bonds is 6. The number of carboxylic acid groups (broad SMARTS) is 1. The number of hydrogen-bond acceptors (Lipinski definition) is 2. The molecule has 0 amide bonds. The van der Waals surface area contributed by atoms with Crippen molar-refractivity contribution in [1.29, 1.82) is 0 Å². The minimum Gasteiger partial charge on any atom is -0.480 e. The molecule has 0 aliphatic heterocycles. The number of Topliss-reactive ketones (excluding diaryl/α,β-unsaturated/α-hetero) is 1. The summed E-state index contributed by atoms with van der Waals surface area (Å²) in [6.07, 6.45) is -0.139. The molecule has 124 valence electrons. The maximum absolute atomic E-state index is 12.8. The van der Waals surface area contributed by atoms with Gasteiger partial charge in [-0.2, -0.15) is 0 Å². The zero-order valence-corrected chi connectivity index (χ0v) is 13.6. The van der Waals surface area contributed by atoms with Gasteiger partial charge in [-0.05, 0) is 11.1 Å². The molecular formula is C22H18O3. The Morgan fingerprint density at radius 1 is 0.680 bits per heavy atom. The summed E-state index contributed by atoms with van der Waals surface area (Å²) >= 11 is 0. The molecule has 0 aliphatic carbocycles. The van der Waals surface area contributed by atoms with Gasteiger partial charge in [-0.25, -0.2) is 0 Å². The lowest BCUT2D eigenvalue weighted by atomic mass is 9.70. The Kier molecular flexibility index (Phi) is 4.75. The number of carboxylic acids is 1. The number of ketones is 1. The molecular weight excluding hydrogens is 312 g/mol. The average Bonchev–Trinajstić information content (AvgIpc) is 2.67. The highest BCUT2D eigenvalue weighted by Crippen LogP contribution is 2.37. The predicted molar refractivity (Wildman–Crippen MR) is 96.7 cm³/mol. The molecule has 3 nitrogen and oxygen atoms in total. The topological polar surface area (TPSA) is 54.4 Å². The highest BCUT2D eigenvalue weighted by atomic mass is 16.4. The van der Waals surface area contributed by atoms with Crippen molar-refractivity contribution in [3.63, 3.8) is 0 Å². The molecule has 3 heteroatoms. The second-order valence-electron chi connectivity index (χ2n) is 5.91. The fourth-order valence-corrected chi connectivity index (χ4v) is 3.11. The molecule has 0 saturated carbocycles. The SMILES string of the molecule is O=C(CC(C(=O)O)(c1ccccc1)c1ccccc1)c1ccccc1. The van der Waals surface area contributed by atoms with E-state index in [2.05, 4.69) is 0 Å². The third kappa shape index (κ3) is 3.22. The zero-order valence-electron chi connectivity index (χ0n) is 13.6. The largest absolute Gasteiger partial charge is 0.480 e. The number of aliphatic carboxylic acids is 1. The monoisotopic (exact) mass is 330 g/mol. The highest BCUT2D eigenvalue weighted by Gasteiger charge is 2.44. The normalized spacial score (nSPS) is 11.0. The molecule has 0 fully saturated rings. The van der Waals surface area contributed by atoms with Gasteiger partial charge < -0.3 is 5.11 Å². The summed E-state index contributed by atoms with van der Waals surface area (Å²) < 4.78 is 0. The summed E-state index contributed by atoms with van der Waals surface area (Å²) in [5.74, 6) is -1.23. The van der Waals surface area contributed by atoms with E-state index in [0.717, 1.165) is 0 Å². The second-order valence-corrected chi connectivity index (χ2v) is 5.91. The van der Waals surface area contributed by atoms with Crippen molar-refractivity contribution in [2.24, 2.45) is 0 Å². The lowest BCUT2D eigenvalue weighted by Crippen LogP contribution is -2.39. The maximum Gasteiger partial charge on any atom is 0.319 e. The quantitative estimate of drug-likeness (QED) is 0.684. The first-order valence-corrected chi connectivity index (χ1v) is 8.07. The van der Waals surface area contributed by atoms with Crippen LogP contribution < -0.4 is 0 Å². The molecule has 0 unspecified atom stereocenters. The molecule has 3 rings (SSSR count). The molecule has 25 heavy (non-hydrogen) atoms. The summed E-state index contributed by atoms with van der Waals surface area (Å²) in [5.41, 5.74) is 0.283. The van der Waals surface area contributed by atoms with E-state index in [4.69, 9.17) is 0 Å². The van der Waals surface area contributed by atoms with E-state index < -0.39 is 11.4 Å². The summed E-state index contributed by atoms with van der Waals surface area (Å²) in [6.45, 7) is 0. The van der Waals surface area contributed by atoms with Gasteiger partial charge in [-0.1, -0.05) is 91.0 Å². The number of hydrogen-bond donors (Lipinski definition) is 1. The first-order valence-electron chi connectivity index (χ1n) is 8.07. The molecule has 0 aromatic heterocycles. The summed E-state index contributed by atoms with van der Waals surface area (Å²) in [6, 6.07) is 26.7. The van der Waals surface area contributed by atoms with E-state index in [-0.39, 0.29) is 12.2 Å². The molecule has 3 aromatic rings. The molecule has 0 atom stereocenters. The van der Waals surface area contributed by atoms with Crippen LogP contribution in [0.4, 0.5) is 0 Å². The molecule has 0 radical (unpaired) electrons. The number of benzene rings is 3. The second kappa shape index (κ2) is 7.14. The molecule has 0 aliphatic rings. The van der Waals surface area contributed by atoms with E-state index in [0.29, 0.717) is 16.7 Å². The van der Waals surface area contributed by atoms with Gasteiger partial charge in [0.05, 0.1) is 0 Å². The summed E-state index contributed by atoms with van der Waals surface area (Å²) in [5, 5.41) is 10.2. The van der Waals surface area contributed by atoms with Crippen molar-refractivity contribution in [2.75, 3.05) is 0 Å². The Bertz CT molecular complexity index is 816. The Morgan fingerprint density at radius 2 is 1.08 bits per heavy atom. The van der Waals surface area contributed by atoms with Crippen LogP contribution in [0.25, 0.3) is 0 Å². The van der Waals surface area contributed by atoms with E-state index in [1.54, 1.807) is 72.8 Å². The summed E-state index contributed by atoms with van der Waals surface area (Å²) in [4.78, 5) is 25.3. The van der Waals surface area contributed by atoms with E-state index in [1.165, 1.54) is 0 Å². The van der Waals surface area contributed by atoms with Crippen LogP contribution in [0.5, 0.6) is 0 Å². The van der Waals surface area contributed by atoms with Gasteiger partial charge in [0, 0.05) is 12.0 Å². The number of carbonyl (C=O) groups excluding carboxylic acids is 1. The van der Waals surface area contributed by atoms with Gasteiger partial charge in [-0.3, -0.25) is 9.59 Å². The van der Waals surface area contributed by atoms with Gasteiger partial charge in [0.1, 0.15) is 5.41 Å². The van der Waals surface area contributed by atoms with E-state index in [1.807, 2.05) is 18.2 Å². The van der Waals surface area contributed by atoms with Crippen molar-refractivity contribution < 1.29 is 14.7 Å². The third-order valence-corrected chi connectivity index (χ3v) is 4.42. The van der Waals surface area contributed by atoms with Crippen molar-refractivity contribution in [2.45, 2.75) is 11.8 Å². The minimum atomic E-state index is -1.42. The van der Waals surface area contributed by atoms with Gasteiger partial charge in [0.25, 0.3) is 0 Å². The summed E-state index contributed by atoms with van der Waals surface area (Å²) in [7, 11) is 0. The molecule has 3 aromatic carbocycles. The maximum atomic E-state index is 12.8. The smallest absolute Gasteiger partial charge is 0.319 e. The van der Waals surface area contributed by atoms with Gasteiger partial charge in [-0.15, -0.1) is 0 Å². The lowest BCUT2D eigenvalue weighted by Gasteiger charge is -2.30. The van der Waals surface area contributed by atoms with Crippen molar-refractivity contribution in [1.82, 2.24) is 0 Å². The van der Waals surface area contributed by atoms with Crippen LogP contribution in [-0.2, 0) is 10.2 Å². The molecule has 0 bridgehead atoms. The molecule has 0 saturated heterocycles. The highest BCUT2D eigenvalue weighted by molar-refractivity contribution is 6.01. The van der Waals surface area contributed by atoms with Crippen LogP contribution in [0.2, 0.25) is 0 Å². The Balaban J connectivity index is 2.15. The lowest BCUT2D eigenvalue weighted by molar-refractivity contribution is -0.142. The first-order chi connectivity index (χ1) is 12.1.